The van der Waals surface area contributed by atoms with Gasteiger partial charge in [-0.05, 0) is 24.1 Å². The highest BCUT2D eigenvalue weighted by atomic mass is 35.5. The lowest BCUT2D eigenvalue weighted by atomic mass is 10.1. The van der Waals surface area contributed by atoms with Gasteiger partial charge < -0.3 is 4.74 Å². The van der Waals surface area contributed by atoms with Crippen LogP contribution in [-0.4, -0.2) is 12.4 Å². The Morgan fingerprint density at radius 1 is 1.05 bits per heavy atom. The third-order valence-electron chi connectivity index (χ3n) is 2.95. The van der Waals surface area contributed by atoms with Crippen molar-refractivity contribution in [1.82, 2.24) is 0 Å². The summed E-state index contributed by atoms with van der Waals surface area (Å²) in [5.74, 6) is 0.234. The van der Waals surface area contributed by atoms with E-state index in [2.05, 4.69) is 6.92 Å². The number of aryl methyl sites for hydroxylation is 1. The molecule has 0 heterocycles. The number of ether oxygens (including phenoxy) is 1. The number of halogens is 2. The van der Waals surface area contributed by atoms with Crippen molar-refractivity contribution in [2.24, 2.45) is 0 Å². The highest BCUT2D eigenvalue weighted by Crippen LogP contribution is 2.32. The van der Waals surface area contributed by atoms with Crippen LogP contribution in [0.4, 0.5) is 0 Å². The molecule has 2 rings (SSSR count). The summed E-state index contributed by atoms with van der Waals surface area (Å²) in [6, 6.07) is 12.6. The summed E-state index contributed by atoms with van der Waals surface area (Å²) in [6.45, 7) is 1.98. The zero-order valence-electron chi connectivity index (χ0n) is 11.0. The number of hydrogen-bond donors (Lipinski definition) is 0. The van der Waals surface area contributed by atoms with Crippen molar-refractivity contribution >= 4 is 29.0 Å². The fraction of sp³-hybridized carbons (Fsp3) is 0.188. The third-order valence-corrected chi connectivity index (χ3v) is 3.55. The highest BCUT2D eigenvalue weighted by Gasteiger charge is 2.11. The molecule has 0 amide bonds. The van der Waals surface area contributed by atoms with Gasteiger partial charge in [0.2, 0.25) is 0 Å². The van der Waals surface area contributed by atoms with E-state index in [-0.39, 0.29) is 12.4 Å². The van der Waals surface area contributed by atoms with E-state index in [1.165, 1.54) is 5.56 Å². The van der Waals surface area contributed by atoms with E-state index >= 15 is 0 Å². The molecule has 20 heavy (non-hydrogen) atoms. The zero-order valence-corrected chi connectivity index (χ0v) is 12.5. The SMILES string of the molecule is CCc1ccc(C(=O)COc2c(Cl)cccc2Cl)cc1. The summed E-state index contributed by atoms with van der Waals surface area (Å²) in [7, 11) is 0. The van der Waals surface area contributed by atoms with Crippen molar-refractivity contribution in [2.45, 2.75) is 13.3 Å². The van der Waals surface area contributed by atoms with Crippen LogP contribution in [0.5, 0.6) is 5.75 Å². The lowest BCUT2D eigenvalue weighted by Crippen LogP contribution is -2.12. The van der Waals surface area contributed by atoms with Gasteiger partial charge in [-0.15, -0.1) is 0 Å². The number of rotatable bonds is 5. The number of benzene rings is 2. The maximum absolute atomic E-state index is 12.0. The second-order valence-electron chi connectivity index (χ2n) is 4.31. The average molecular weight is 309 g/mol. The highest BCUT2D eigenvalue weighted by molar-refractivity contribution is 6.37. The molecule has 2 aromatic rings. The summed E-state index contributed by atoms with van der Waals surface area (Å²) in [5.41, 5.74) is 1.81. The molecule has 104 valence electrons. The number of ketones is 1. The normalized spacial score (nSPS) is 10.3. The van der Waals surface area contributed by atoms with Gasteiger partial charge in [-0.3, -0.25) is 4.79 Å². The quantitative estimate of drug-likeness (QED) is 0.740. The van der Waals surface area contributed by atoms with Gasteiger partial charge in [0.1, 0.15) is 0 Å². The lowest BCUT2D eigenvalue weighted by Gasteiger charge is -2.09. The summed E-state index contributed by atoms with van der Waals surface area (Å²) in [6.07, 6.45) is 0.945. The first-order valence-electron chi connectivity index (χ1n) is 6.30. The molecule has 0 saturated carbocycles. The molecular weight excluding hydrogens is 295 g/mol. The van der Waals surface area contributed by atoms with Gasteiger partial charge in [0, 0.05) is 5.56 Å². The number of carbonyl (C=O) groups excluding carboxylic acids is 1. The maximum Gasteiger partial charge on any atom is 0.200 e. The van der Waals surface area contributed by atoms with Crippen molar-refractivity contribution < 1.29 is 9.53 Å². The fourth-order valence-electron chi connectivity index (χ4n) is 1.77. The molecule has 0 saturated heterocycles. The van der Waals surface area contributed by atoms with Crippen molar-refractivity contribution in [3.05, 3.63) is 63.6 Å². The molecule has 2 nitrogen and oxygen atoms in total. The van der Waals surface area contributed by atoms with E-state index < -0.39 is 0 Å². The topological polar surface area (TPSA) is 26.3 Å². The number of hydrogen-bond acceptors (Lipinski definition) is 2. The molecule has 0 aliphatic rings. The number of para-hydroxylation sites is 1. The molecule has 0 radical (unpaired) electrons. The Morgan fingerprint density at radius 2 is 1.65 bits per heavy atom. The Labute approximate surface area is 128 Å². The molecule has 4 heteroatoms. The first kappa shape index (κ1) is 14.9. The molecule has 0 atom stereocenters. The first-order chi connectivity index (χ1) is 9.61. The minimum Gasteiger partial charge on any atom is -0.482 e. The van der Waals surface area contributed by atoms with Gasteiger partial charge >= 0.3 is 0 Å². The largest absolute Gasteiger partial charge is 0.482 e. The van der Waals surface area contributed by atoms with Crippen LogP contribution in [0.25, 0.3) is 0 Å². The smallest absolute Gasteiger partial charge is 0.200 e. The molecule has 0 N–H and O–H groups in total. The van der Waals surface area contributed by atoms with Crippen molar-refractivity contribution in [2.75, 3.05) is 6.61 Å². The molecular formula is C16H14Cl2O2. The lowest BCUT2D eigenvalue weighted by molar-refractivity contribution is 0.0921. The molecule has 0 fully saturated rings. The van der Waals surface area contributed by atoms with Crippen LogP contribution in [0, 0.1) is 0 Å². The second-order valence-corrected chi connectivity index (χ2v) is 5.13. The van der Waals surface area contributed by atoms with Crippen molar-refractivity contribution in [3.63, 3.8) is 0 Å². The van der Waals surface area contributed by atoms with Gasteiger partial charge in [0.05, 0.1) is 10.0 Å². The summed E-state index contributed by atoms with van der Waals surface area (Å²) >= 11 is 12.0. The minimum atomic E-state index is -0.108. The molecule has 0 aromatic heterocycles. The predicted octanol–water partition coefficient (Wildman–Crippen LogP) is 4.82. The van der Waals surface area contributed by atoms with Gasteiger partial charge in [-0.25, -0.2) is 0 Å². The van der Waals surface area contributed by atoms with Crippen LogP contribution in [0.1, 0.15) is 22.8 Å². The molecule has 0 unspecified atom stereocenters. The van der Waals surface area contributed by atoms with Crippen LogP contribution in [0.2, 0.25) is 10.0 Å². The van der Waals surface area contributed by atoms with E-state index in [4.69, 9.17) is 27.9 Å². The van der Waals surface area contributed by atoms with Gasteiger partial charge in [-0.1, -0.05) is 60.5 Å². The molecule has 2 aromatic carbocycles. The zero-order chi connectivity index (χ0) is 14.5. The molecule has 0 aliphatic carbocycles. The van der Waals surface area contributed by atoms with E-state index in [0.29, 0.717) is 21.4 Å². The summed E-state index contributed by atoms with van der Waals surface area (Å²) in [5, 5.41) is 0.790. The summed E-state index contributed by atoms with van der Waals surface area (Å²) < 4.78 is 5.43. The standard InChI is InChI=1S/C16H14Cl2O2/c1-2-11-6-8-12(9-7-11)15(19)10-20-16-13(17)4-3-5-14(16)18/h3-9H,2,10H2,1H3. The molecule has 0 bridgehead atoms. The Morgan fingerprint density at radius 3 is 2.20 bits per heavy atom. The van der Waals surface area contributed by atoms with Gasteiger partial charge in [0.15, 0.2) is 18.1 Å². The van der Waals surface area contributed by atoms with Gasteiger partial charge in [0.25, 0.3) is 0 Å². The van der Waals surface area contributed by atoms with Crippen molar-refractivity contribution in [3.8, 4) is 5.75 Å². The monoisotopic (exact) mass is 308 g/mol. The van der Waals surface area contributed by atoms with Crippen molar-refractivity contribution in [1.29, 1.82) is 0 Å². The van der Waals surface area contributed by atoms with E-state index in [1.54, 1.807) is 30.3 Å². The number of carbonyl (C=O) groups is 1. The van der Waals surface area contributed by atoms with Crippen LogP contribution in [-0.2, 0) is 6.42 Å². The van der Waals surface area contributed by atoms with Gasteiger partial charge in [-0.2, -0.15) is 0 Å². The molecule has 0 spiro atoms. The molecule has 0 aliphatic heterocycles. The Hall–Kier alpha value is -1.51. The summed E-state index contributed by atoms with van der Waals surface area (Å²) in [4.78, 5) is 12.0. The predicted molar refractivity (Wildman–Crippen MR) is 82.1 cm³/mol. The van der Waals surface area contributed by atoms with Crippen LogP contribution < -0.4 is 4.74 Å². The van der Waals surface area contributed by atoms with E-state index in [9.17, 15) is 4.79 Å². The fourth-order valence-corrected chi connectivity index (χ4v) is 2.27. The first-order valence-corrected chi connectivity index (χ1v) is 7.06. The number of Topliss-reactive ketones (excluding diaryl/α,β-unsaturated/α-hetero) is 1. The van der Waals surface area contributed by atoms with Crippen LogP contribution >= 0.6 is 23.2 Å². The van der Waals surface area contributed by atoms with E-state index in [1.807, 2.05) is 12.1 Å². The van der Waals surface area contributed by atoms with Crippen LogP contribution in [0.3, 0.4) is 0 Å². The minimum absolute atomic E-state index is 0.0884. The average Bonchev–Trinajstić information content (AvgIpc) is 2.46. The Balaban J connectivity index is 2.04. The second kappa shape index (κ2) is 6.78. The maximum atomic E-state index is 12.0. The Bertz CT molecular complexity index is 586. The van der Waals surface area contributed by atoms with Crippen LogP contribution in [0.15, 0.2) is 42.5 Å². The third kappa shape index (κ3) is 3.53. The Kier molecular flexibility index (Phi) is 5.05. The van der Waals surface area contributed by atoms with E-state index in [0.717, 1.165) is 6.42 Å².